The molecule has 34 heavy (non-hydrogen) atoms. The fraction of sp³-hybridized carbons (Fsp3) is 0.208. The Bertz CT molecular complexity index is 1440. The molecule has 0 spiro atoms. The Kier molecular flexibility index (Phi) is 6.78. The fourth-order valence-corrected chi connectivity index (χ4v) is 4.31. The number of amides is 2. The molecular formula is C24H24N6O3S. The van der Waals surface area contributed by atoms with Crippen LogP contribution in [-0.2, 0) is 11.3 Å². The number of carbonyl (C=O) groups is 2. The zero-order chi connectivity index (χ0) is 24.2. The summed E-state index contributed by atoms with van der Waals surface area (Å²) in [7, 11) is 0. The van der Waals surface area contributed by atoms with Gasteiger partial charge in [-0.1, -0.05) is 42.1 Å². The van der Waals surface area contributed by atoms with E-state index in [1.54, 1.807) is 37.4 Å². The molecular weight excluding hydrogens is 452 g/mol. The van der Waals surface area contributed by atoms with Crippen molar-refractivity contribution in [2.24, 2.45) is 0 Å². The van der Waals surface area contributed by atoms with Gasteiger partial charge in [0.05, 0.1) is 16.8 Å². The number of nitrogens with zero attached hydrogens (tertiary/aromatic N) is 4. The van der Waals surface area contributed by atoms with E-state index < -0.39 is 11.8 Å². The first kappa shape index (κ1) is 23.2. The van der Waals surface area contributed by atoms with Crippen LogP contribution in [0.2, 0.25) is 0 Å². The number of aromatic nitrogens is 4. The van der Waals surface area contributed by atoms with Crippen LogP contribution in [0.1, 0.15) is 28.5 Å². The number of hydrogen-bond acceptors (Lipinski definition) is 6. The second kappa shape index (κ2) is 9.92. The molecule has 0 unspecified atom stereocenters. The molecule has 2 N–H and O–H groups in total. The molecule has 4 aromatic rings. The SMILES string of the molecule is CCn1nc(C(=O)NNC(=O)CSc2nccn2-c2cccc(C)c2C)c2ccccc2c1=O. The monoisotopic (exact) mass is 476 g/mol. The van der Waals surface area contributed by atoms with Gasteiger partial charge < -0.3 is 0 Å². The standard InChI is InChI=1S/C24H24N6O3S/c1-4-30-23(33)18-10-6-5-9-17(18)21(28-30)22(32)27-26-20(31)14-34-24-25-12-13-29(24)19-11-7-8-15(2)16(19)3/h5-13H,4,14H2,1-3H3,(H,26,31)(H,27,32). The van der Waals surface area contributed by atoms with Crippen molar-refractivity contribution in [3.63, 3.8) is 0 Å². The van der Waals surface area contributed by atoms with Crippen molar-refractivity contribution >= 4 is 34.3 Å². The summed E-state index contributed by atoms with van der Waals surface area (Å²) in [4.78, 5) is 42.0. The molecule has 0 atom stereocenters. The molecule has 0 aliphatic heterocycles. The largest absolute Gasteiger partial charge is 0.295 e. The highest BCUT2D eigenvalue weighted by molar-refractivity contribution is 7.99. The predicted octanol–water partition coefficient (Wildman–Crippen LogP) is 2.77. The van der Waals surface area contributed by atoms with E-state index in [4.69, 9.17) is 0 Å². The number of fused-ring (bicyclic) bond motifs is 1. The summed E-state index contributed by atoms with van der Waals surface area (Å²) >= 11 is 1.26. The summed E-state index contributed by atoms with van der Waals surface area (Å²) in [6, 6.07) is 12.8. The quantitative estimate of drug-likeness (QED) is 0.327. The molecule has 2 heterocycles. The van der Waals surface area contributed by atoms with Crippen LogP contribution >= 0.6 is 11.8 Å². The average Bonchev–Trinajstić information content (AvgIpc) is 3.31. The molecule has 0 saturated carbocycles. The van der Waals surface area contributed by atoms with E-state index in [1.807, 2.05) is 42.8 Å². The van der Waals surface area contributed by atoms with E-state index in [1.165, 1.54) is 16.4 Å². The van der Waals surface area contributed by atoms with E-state index >= 15 is 0 Å². The van der Waals surface area contributed by atoms with Crippen LogP contribution in [0.3, 0.4) is 0 Å². The van der Waals surface area contributed by atoms with Gasteiger partial charge in [-0.2, -0.15) is 5.10 Å². The second-order valence-corrected chi connectivity index (χ2v) is 8.55. The molecule has 0 bridgehead atoms. The number of nitrogens with one attached hydrogen (secondary N) is 2. The van der Waals surface area contributed by atoms with Gasteiger partial charge in [0, 0.05) is 24.3 Å². The molecule has 174 valence electrons. The smallest absolute Gasteiger partial charge is 0.290 e. The van der Waals surface area contributed by atoms with Crippen molar-refractivity contribution in [3.05, 3.63) is 82.0 Å². The summed E-state index contributed by atoms with van der Waals surface area (Å²) in [6.07, 6.45) is 3.53. The number of thioether (sulfide) groups is 1. The van der Waals surface area contributed by atoms with Crippen LogP contribution in [0.5, 0.6) is 0 Å². The van der Waals surface area contributed by atoms with Gasteiger partial charge in [-0.15, -0.1) is 0 Å². The Morgan fingerprint density at radius 2 is 1.79 bits per heavy atom. The van der Waals surface area contributed by atoms with E-state index in [2.05, 4.69) is 20.9 Å². The van der Waals surface area contributed by atoms with Crippen LogP contribution in [0.15, 0.2) is 64.8 Å². The Balaban J connectivity index is 1.43. The van der Waals surface area contributed by atoms with E-state index in [0.717, 1.165) is 16.8 Å². The highest BCUT2D eigenvalue weighted by Crippen LogP contribution is 2.24. The lowest BCUT2D eigenvalue weighted by Crippen LogP contribution is -2.43. The molecule has 2 aromatic carbocycles. The lowest BCUT2D eigenvalue weighted by atomic mass is 10.1. The van der Waals surface area contributed by atoms with E-state index in [0.29, 0.717) is 22.5 Å². The first-order valence-electron chi connectivity index (χ1n) is 10.7. The Labute approximate surface area is 200 Å². The Hall–Kier alpha value is -3.92. The van der Waals surface area contributed by atoms with Gasteiger partial charge >= 0.3 is 0 Å². The minimum atomic E-state index is -0.603. The third-order valence-corrected chi connectivity index (χ3v) is 6.44. The number of carbonyl (C=O) groups excluding carboxylic acids is 2. The van der Waals surface area contributed by atoms with Gasteiger partial charge in [-0.25, -0.2) is 9.67 Å². The number of aryl methyl sites for hydroxylation is 2. The zero-order valence-corrected chi connectivity index (χ0v) is 19.8. The molecule has 0 aliphatic rings. The molecule has 0 aliphatic carbocycles. The number of benzene rings is 2. The molecule has 2 amide bonds. The highest BCUT2D eigenvalue weighted by Gasteiger charge is 2.17. The molecule has 10 heteroatoms. The molecule has 9 nitrogen and oxygen atoms in total. The van der Waals surface area contributed by atoms with Gasteiger partial charge in [0.25, 0.3) is 11.5 Å². The Morgan fingerprint density at radius 3 is 2.56 bits per heavy atom. The van der Waals surface area contributed by atoms with Crippen molar-refractivity contribution in [2.45, 2.75) is 32.5 Å². The van der Waals surface area contributed by atoms with Crippen LogP contribution in [0, 0.1) is 13.8 Å². The fourth-order valence-electron chi connectivity index (χ4n) is 3.55. The van der Waals surface area contributed by atoms with Crippen LogP contribution in [0.25, 0.3) is 16.5 Å². The molecule has 2 aromatic heterocycles. The summed E-state index contributed by atoms with van der Waals surface area (Å²) in [5.41, 5.74) is 7.90. The first-order chi connectivity index (χ1) is 16.4. The maximum atomic E-state index is 12.8. The third kappa shape index (κ3) is 4.58. The highest BCUT2D eigenvalue weighted by atomic mass is 32.2. The van der Waals surface area contributed by atoms with Crippen LogP contribution < -0.4 is 16.4 Å². The van der Waals surface area contributed by atoms with Crippen molar-refractivity contribution in [1.82, 2.24) is 30.2 Å². The lowest BCUT2D eigenvalue weighted by molar-refractivity contribution is -0.119. The maximum Gasteiger partial charge on any atom is 0.290 e. The van der Waals surface area contributed by atoms with Crippen molar-refractivity contribution in [3.8, 4) is 5.69 Å². The molecule has 4 rings (SSSR count). The first-order valence-corrected chi connectivity index (χ1v) is 11.7. The maximum absolute atomic E-state index is 12.8. The van der Waals surface area contributed by atoms with Crippen LogP contribution in [0.4, 0.5) is 0 Å². The summed E-state index contributed by atoms with van der Waals surface area (Å²) < 4.78 is 3.16. The summed E-state index contributed by atoms with van der Waals surface area (Å²) in [6.45, 7) is 6.18. The Morgan fingerprint density at radius 1 is 1.03 bits per heavy atom. The molecule has 0 radical (unpaired) electrons. The number of hydrogen-bond donors (Lipinski definition) is 2. The molecule has 0 fully saturated rings. The van der Waals surface area contributed by atoms with Gasteiger partial charge in [0.2, 0.25) is 5.91 Å². The number of hydrazine groups is 1. The van der Waals surface area contributed by atoms with Gasteiger partial charge in [-0.05, 0) is 44.0 Å². The average molecular weight is 477 g/mol. The minimum Gasteiger partial charge on any atom is -0.295 e. The van der Waals surface area contributed by atoms with Gasteiger partial charge in [-0.3, -0.25) is 29.8 Å². The van der Waals surface area contributed by atoms with E-state index in [9.17, 15) is 14.4 Å². The van der Waals surface area contributed by atoms with Gasteiger partial charge in [0.1, 0.15) is 0 Å². The summed E-state index contributed by atoms with van der Waals surface area (Å²) in [5, 5.41) is 5.65. The third-order valence-electron chi connectivity index (χ3n) is 5.47. The number of rotatable bonds is 6. The molecule has 0 saturated heterocycles. The zero-order valence-electron chi connectivity index (χ0n) is 19.0. The predicted molar refractivity (Wildman–Crippen MR) is 131 cm³/mol. The lowest BCUT2D eigenvalue weighted by Gasteiger charge is -2.13. The topological polar surface area (TPSA) is 111 Å². The number of imidazole rings is 1. The van der Waals surface area contributed by atoms with Crippen molar-refractivity contribution in [2.75, 3.05) is 5.75 Å². The van der Waals surface area contributed by atoms with Crippen molar-refractivity contribution < 1.29 is 9.59 Å². The van der Waals surface area contributed by atoms with Crippen LogP contribution in [-0.4, -0.2) is 36.9 Å². The van der Waals surface area contributed by atoms with E-state index in [-0.39, 0.29) is 17.0 Å². The van der Waals surface area contributed by atoms with Gasteiger partial charge in [0.15, 0.2) is 10.9 Å². The summed E-state index contributed by atoms with van der Waals surface area (Å²) in [5.74, 6) is -0.958. The second-order valence-electron chi connectivity index (χ2n) is 7.60. The normalized spacial score (nSPS) is 10.9. The van der Waals surface area contributed by atoms with Crippen molar-refractivity contribution in [1.29, 1.82) is 0 Å². The minimum absolute atomic E-state index is 0.0464.